The quantitative estimate of drug-likeness (QED) is 0.0222. The van der Waals surface area contributed by atoms with Crippen LogP contribution in [0.5, 0.6) is 0 Å². The van der Waals surface area contributed by atoms with Crippen LogP contribution >= 0.6 is 15.6 Å². The van der Waals surface area contributed by atoms with E-state index in [0.717, 1.165) is 109 Å². The van der Waals surface area contributed by atoms with Crippen LogP contribution in [0.3, 0.4) is 0 Å². The van der Waals surface area contributed by atoms with E-state index in [1.165, 1.54) is 270 Å². The average Bonchev–Trinajstić information content (AvgIpc) is 0.963. The van der Waals surface area contributed by atoms with Gasteiger partial charge in [-0.25, -0.2) is 9.13 Å². The lowest BCUT2D eigenvalue weighted by molar-refractivity contribution is -0.161. The summed E-state index contributed by atoms with van der Waals surface area (Å²) in [5, 5.41) is 10.7. The number of hydrogen-bond donors (Lipinski definition) is 3. The third kappa shape index (κ3) is 78.2. The summed E-state index contributed by atoms with van der Waals surface area (Å²) < 4.78 is 68.7. The van der Waals surface area contributed by atoms with Crippen molar-refractivity contribution in [2.45, 2.75) is 477 Å². The Hall–Kier alpha value is -1.94. The molecule has 2 unspecified atom stereocenters. The smallest absolute Gasteiger partial charge is 0.462 e. The number of unbranched alkanes of at least 4 members (excludes halogenated alkanes) is 57. The molecule has 618 valence electrons. The summed E-state index contributed by atoms with van der Waals surface area (Å²) in [7, 11) is -9.92. The van der Waals surface area contributed by atoms with Gasteiger partial charge in [0.25, 0.3) is 0 Å². The summed E-state index contributed by atoms with van der Waals surface area (Å²) in [4.78, 5) is 73.0. The van der Waals surface area contributed by atoms with Crippen molar-refractivity contribution >= 4 is 39.5 Å². The van der Waals surface area contributed by atoms with Gasteiger partial charge < -0.3 is 33.8 Å². The maximum Gasteiger partial charge on any atom is 0.472 e. The third-order valence-electron chi connectivity index (χ3n) is 20.0. The van der Waals surface area contributed by atoms with Gasteiger partial charge in [-0.2, -0.15) is 0 Å². The number of carbonyl (C=O) groups excluding carboxylic acids is 4. The standard InChI is InChI=1S/C85H166O17P2/c1-6-9-12-15-18-20-22-24-26-28-30-32-37-41-45-49-54-59-64-69-83(88)96-75-81(102-85(90)71-66-61-56-51-47-43-39-35-34-36-40-44-48-53-57-62-67-78(4)5)77-100-104(93,94)98-73-79(86)72-97-103(91,92)99-76-80(74-95-82(87)68-63-58-52-17-14-11-8-3)101-84(89)70-65-60-55-50-46-42-38-33-31-29-27-25-23-21-19-16-13-10-7-2/h78-81,86H,6-77H2,1-5H3,(H,91,92)(H,93,94)/t79-,80+,81+/m0/s1. The van der Waals surface area contributed by atoms with E-state index in [9.17, 15) is 43.2 Å². The van der Waals surface area contributed by atoms with Gasteiger partial charge in [-0.3, -0.25) is 37.3 Å². The van der Waals surface area contributed by atoms with Gasteiger partial charge in [0.05, 0.1) is 26.4 Å². The summed E-state index contributed by atoms with van der Waals surface area (Å²) in [6, 6.07) is 0. The molecule has 0 saturated carbocycles. The molecule has 0 heterocycles. The summed E-state index contributed by atoms with van der Waals surface area (Å²) in [5.41, 5.74) is 0. The lowest BCUT2D eigenvalue weighted by Crippen LogP contribution is -2.30. The Morgan fingerprint density at radius 1 is 0.260 bits per heavy atom. The van der Waals surface area contributed by atoms with E-state index in [-0.39, 0.29) is 25.7 Å². The zero-order valence-corrected chi connectivity index (χ0v) is 70.0. The molecule has 0 rings (SSSR count). The molecule has 0 aromatic rings. The van der Waals surface area contributed by atoms with Crippen LogP contribution in [-0.4, -0.2) is 96.7 Å². The molecule has 0 aliphatic carbocycles. The molecule has 0 amide bonds. The number of hydrogen-bond acceptors (Lipinski definition) is 15. The van der Waals surface area contributed by atoms with Crippen LogP contribution < -0.4 is 0 Å². The third-order valence-corrected chi connectivity index (χ3v) is 21.9. The van der Waals surface area contributed by atoms with Gasteiger partial charge >= 0.3 is 39.5 Å². The summed E-state index contributed by atoms with van der Waals surface area (Å²) >= 11 is 0. The Balaban J connectivity index is 5.15. The zero-order valence-electron chi connectivity index (χ0n) is 68.2. The average molecular weight is 1520 g/mol. The van der Waals surface area contributed by atoms with Crippen LogP contribution in [0, 0.1) is 5.92 Å². The minimum absolute atomic E-state index is 0.109. The Morgan fingerprint density at radius 3 is 0.654 bits per heavy atom. The molecule has 0 aliphatic heterocycles. The van der Waals surface area contributed by atoms with Crippen molar-refractivity contribution in [3.63, 3.8) is 0 Å². The van der Waals surface area contributed by atoms with Gasteiger partial charge in [-0.15, -0.1) is 0 Å². The van der Waals surface area contributed by atoms with E-state index in [4.69, 9.17) is 37.0 Å². The van der Waals surface area contributed by atoms with E-state index in [1.807, 2.05) is 0 Å². The molecule has 0 fully saturated rings. The second-order valence-corrected chi connectivity index (χ2v) is 34.0. The van der Waals surface area contributed by atoms with E-state index in [0.29, 0.717) is 25.7 Å². The highest BCUT2D eigenvalue weighted by Gasteiger charge is 2.30. The molecule has 104 heavy (non-hydrogen) atoms. The number of phosphoric ester groups is 2. The normalized spacial score (nSPS) is 13.8. The van der Waals surface area contributed by atoms with Crippen molar-refractivity contribution < 1.29 is 80.2 Å². The molecule has 17 nitrogen and oxygen atoms in total. The lowest BCUT2D eigenvalue weighted by Gasteiger charge is -2.21. The van der Waals surface area contributed by atoms with Gasteiger partial charge in [-0.05, 0) is 31.6 Å². The molecule has 0 aromatic carbocycles. The van der Waals surface area contributed by atoms with Crippen LogP contribution in [0.15, 0.2) is 0 Å². The maximum atomic E-state index is 13.1. The number of ether oxygens (including phenoxy) is 4. The Labute approximate surface area is 638 Å². The van der Waals surface area contributed by atoms with Crippen molar-refractivity contribution in [1.29, 1.82) is 0 Å². The van der Waals surface area contributed by atoms with Crippen LogP contribution in [0.25, 0.3) is 0 Å². The maximum absolute atomic E-state index is 13.1. The molecule has 5 atom stereocenters. The molecule has 19 heteroatoms. The number of phosphoric acid groups is 2. The van der Waals surface area contributed by atoms with Crippen molar-refractivity contribution in [3.8, 4) is 0 Å². The summed E-state index contributed by atoms with van der Waals surface area (Å²) in [6.07, 6.45) is 71.1. The predicted octanol–water partition coefficient (Wildman–Crippen LogP) is 26.0. The topological polar surface area (TPSA) is 237 Å². The summed E-state index contributed by atoms with van der Waals surface area (Å²) in [6.45, 7) is 7.35. The number of aliphatic hydroxyl groups is 1. The first-order chi connectivity index (χ1) is 50.5. The molecule has 0 aromatic heterocycles. The zero-order chi connectivity index (χ0) is 76.2. The van der Waals surface area contributed by atoms with Gasteiger partial charge in [0.15, 0.2) is 12.2 Å². The highest BCUT2D eigenvalue weighted by atomic mass is 31.2. The fraction of sp³-hybridized carbons (Fsp3) is 0.953. The first-order valence-electron chi connectivity index (χ1n) is 44.1. The fourth-order valence-corrected chi connectivity index (χ4v) is 14.9. The molecule has 0 radical (unpaired) electrons. The van der Waals surface area contributed by atoms with E-state index >= 15 is 0 Å². The van der Waals surface area contributed by atoms with E-state index < -0.39 is 97.5 Å². The second-order valence-electron chi connectivity index (χ2n) is 31.1. The van der Waals surface area contributed by atoms with E-state index in [2.05, 4.69) is 34.6 Å². The minimum Gasteiger partial charge on any atom is -0.462 e. The Bertz CT molecular complexity index is 1980. The van der Waals surface area contributed by atoms with Crippen molar-refractivity contribution in [3.05, 3.63) is 0 Å². The minimum atomic E-state index is -4.96. The van der Waals surface area contributed by atoms with Gasteiger partial charge in [0, 0.05) is 25.7 Å². The second kappa shape index (κ2) is 77.8. The van der Waals surface area contributed by atoms with Crippen LogP contribution in [0.4, 0.5) is 0 Å². The fourth-order valence-electron chi connectivity index (χ4n) is 13.3. The van der Waals surface area contributed by atoms with Gasteiger partial charge in [-0.1, -0.05) is 407 Å². The summed E-state index contributed by atoms with van der Waals surface area (Å²) in [5.74, 6) is -1.30. The number of rotatable bonds is 85. The Morgan fingerprint density at radius 2 is 0.442 bits per heavy atom. The van der Waals surface area contributed by atoms with Gasteiger partial charge in [0.1, 0.15) is 19.3 Å². The highest BCUT2D eigenvalue weighted by Crippen LogP contribution is 2.45. The molecule has 0 saturated heterocycles. The largest absolute Gasteiger partial charge is 0.472 e. The number of esters is 4. The highest BCUT2D eigenvalue weighted by molar-refractivity contribution is 7.47. The lowest BCUT2D eigenvalue weighted by atomic mass is 10.0. The molecule has 0 aliphatic rings. The van der Waals surface area contributed by atoms with Crippen LogP contribution in [0.2, 0.25) is 0 Å². The molecular formula is C85H166O17P2. The van der Waals surface area contributed by atoms with Gasteiger partial charge in [0.2, 0.25) is 0 Å². The van der Waals surface area contributed by atoms with E-state index in [1.54, 1.807) is 0 Å². The molecule has 0 bridgehead atoms. The first kappa shape index (κ1) is 102. The van der Waals surface area contributed by atoms with Crippen molar-refractivity contribution in [2.24, 2.45) is 5.92 Å². The SMILES string of the molecule is CCCCCCCCCCCCCCCCCCCCCC(=O)OC[C@H](COP(=O)(O)OC[C@@H](O)COP(=O)(O)OC[C@@H](COC(=O)CCCCCCCCC)OC(=O)CCCCCCCCCCCCCCCCCCCCC)OC(=O)CCCCCCCCCCCCCCCCCCC(C)C. The predicted molar refractivity (Wildman–Crippen MR) is 428 cm³/mol. The molecule has 0 spiro atoms. The molecular weight excluding hydrogens is 1350 g/mol. The number of carbonyl (C=O) groups is 4. The number of aliphatic hydroxyl groups excluding tert-OH is 1. The first-order valence-corrected chi connectivity index (χ1v) is 47.1. The monoisotopic (exact) mass is 1520 g/mol. The Kier molecular flexibility index (Phi) is 76.3. The van der Waals surface area contributed by atoms with Crippen molar-refractivity contribution in [2.75, 3.05) is 39.6 Å². The van der Waals surface area contributed by atoms with Crippen LogP contribution in [0.1, 0.15) is 458 Å². The van der Waals surface area contributed by atoms with Crippen molar-refractivity contribution in [1.82, 2.24) is 0 Å². The van der Waals surface area contributed by atoms with Crippen LogP contribution in [-0.2, 0) is 65.4 Å². The molecule has 3 N–H and O–H groups in total.